The van der Waals surface area contributed by atoms with Crippen LogP contribution in [0.3, 0.4) is 0 Å². The summed E-state index contributed by atoms with van der Waals surface area (Å²) < 4.78 is 24.8. The molecular formula is C19H27FN2O4. The molecule has 0 saturated carbocycles. The fraction of sp³-hybridized carbons (Fsp3) is 0.579. The third-order valence-corrected chi connectivity index (χ3v) is 4.04. The van der Waals surface area contributed by atoms with Crippen LogP contribution in [0.2, 0.25) is 0 Å². The third kappa shape index (κ3) is 5.89. The van der Waals surface area contributed by atoms with Crippen LogP contribution >= 0.6 is 0 Å². The van der Waals surface area contributed by atoms with Gasteiger partial charge in [0.2, 0.25) is 0 Å². The topological polar surface area (TPSA) is 59.1 Å². The van der Waals surface area contributed by atoms with Crippen LogP contribution in [0.15, 0.2) is 30.3 Å². The smallest absolute Gasteiger partial charge is 0.410 e. The van der Waals surface area contributed by atoms with Crippen LogP contribution in [-0.4, -0.2) is 60.4 Å². The Morgan fingerprint density at radius 2 is 1.88 bits per heavy atom. The van der Waals surface area contributed by atoms with Crippen molar-refractivity contribution in [3.63, 3.8) is 0 Å². The van der Waals surface area contributed by atoms with Gasteiger partial charge in [-0.1, -0.05) is 30.3 Å². The van der Waals surface area contributed by atoms with Crippen molar-refractivity contribution < 1.29 is 23.5 Å². The van der Waals surface area contributed by atoms with Crippen molar-refractivity contribution in [2.45, 2.75) is 39.2 Å². The minimum atomic E-state index is -1.20. The first-order valence-corrected chi connectivity index (χ1v) is 8.69. The van der Waals surface area contributed by atoms with Crippen LogP contribution in [-0.2, 0) is 16.1 Å². The largest absolute Gasteiger partial charge is 0.445 e. The van der Waals surface area contributed by atoms with Crippen LogP contribution < -0.4 is 0 Å². The zero-order valence-electron chi connectivity index (χ0n) is 15.8. The molecule has 1 fully saturated rings. The van der Waals surface area contributed by atoms with E-state index in [-0.39, 0.29) is 26.2 Å². The van der Waals surface area contributed by atoms with Crippen molar-refractivity contribution in [2.75, 3.05) is 26.7 Å². The molecule has 0 aliphatic carbocycles. The average Bonchev–Trinajstić information content (AvgIpc) is 2.93. The minimum Gasteiger partial charge on any atom is -0.445 e. The van der Waals surface area contributed by atoms with Gasteiger partial charge in [-0.05, 0) is 26.3 Å². The Labute approximate surface area is 153 Å². The molecule has 2 rings (SSSR count). The molecule has 2 atom stereocenters. The lowest BCUT2D eigenvalue weighted by Crippen LogP contribution is -2.37. The number of carbonyl (C=O) groups is 2. The lowest BCUT2D eigenvalue weighted by molar-refractivity contribution is 0.0280. The van der Waals surface area contributed by atoms with Crippen LogP contribution in [0, 0.1) is 5.92 Å². The summed E-state index contributed by atoms with van der Waals surface area (Å²) in [6.07, 6.45) is -2.25. The number of likely N-dealkylation sites (tertiary alicyclic amines) is 1. The molecule has 1 aromatic carbocycles. The van der Waals surface area contributed by atoms with E-state index >= 15 is 0 Å². The quantitative estimate of drug-likeness (QED) is 0.819. The van der Waals surface area contributed by atoms with Crippen LogP contribution in [0.25, 0.3) is 0 Å². The number of halogens is 1. The molecule has 1 aliphatic heterocycles. The number of alkyl halides is 1. The van der Waals surface area contributed by atoms with Crippen molar-refractivity contribution >= 4 is 12.2 Å². The lowest BCUT2D eigenvalue weighted by Gasteiger charge is -2.24. The predicted molar refractivity (Wildman–Crippen MR) is 95.5 cm³/mol. The number of nitrogens with zero attached hydrogens (tertiary/aromatic N) is 2. The van der Waals surface area contributed by atoms with E-state index in [4.69, 9.17) is 9.47 Å². The number of hydrogen-bond acceptors (Lipinski definition) is 4. The molecule has 2 amide bonds. The summed E-state index contributed by atoms with van der Waals surface area (Å²) in [4.78, 5) is 26.8. The van der Waals surface area contributed by atoms with E-state index in [2.05, 4.69) is 0 Å². The summed E-state index contributed by atoms with van der Waals surface area (Å²) in [5, 5.41) is 0. The van der Waals surface area contributed by atoms with Crippen molar-refractivity contribution in [1.82, 2.24) is 9.80 Å². The second-order valence-electron chi connectivity index (χ2n) is 7.58. The normalized spacial score (nSPS) is 20.0. The molecule has 1 heterocycles. The third-order valence-electron chi connectivity index (χ3n) is 4.04. The van der Waals surface area contributed by atoms with Gasteiger partial charge < -0.3 is 19.3 Å². The molecule has 1 saturated heterocycles. The van der Waals surface area contributed by atoms with Crippen LogP contribution in [0.4, 0.5) is 14.0 Å². The van der Waals surface area contributed by atoms with E-state index in [1.807, 2.05) is 30.3 Å². The average molecular weight is 366 g/mol. The van der Waals surface area contributed by atoms with Gasteiger partial charge in [0.15, 0.2) is 0 Å². The van der Waals surface area contributed by atoms with E-state index in [9.17, 15) is 14.0 Å². The van der Waals surface area contributed by atoms with Gasteiger partial charge in [0, 0.05) is 26.1 Å². The zero-order chi connectivity index (χ0) is 19.3. The van der Waals surface area contributed by atoms with Gasteiger partial charge in [0.25, 0.3) is 0 Å². The molecule has 2 unspecified atom stereocenters. The molecule has 144 valence electrons. The second-order valence-corrected chi connectivity index (χ2v) is 7.58. The number of benzene rings is 1. The first-order valence-electron chi connectivity index (χ1n) is 8.69. The number of amides is 2. The summed E-state index contributed by atoms with van der Waals surface area (Å²) in [6.45, 7) is 5.83. The van der Waals surface area contributed by atoms with Crippen LogP contribution in [0.5, 0.6) is 0 Å². The second kappa shape index (κ2) is 8.38. The predicted octanol–water partition coefficient (Wildman–Crippen LogP) is 3.46. The SMILES string of the molecule is CN(CC1CN(C(=O)OC(C)(C)C)CC1F)C(=O)OCc1ccccc1. The highest BCUT2D eigenvalue weighted by Crippen LogP contribution is 2.23. The van der Waals surface area contributed by atoms with E-state index in [1.54, 1.807) is 27.8 Å². The first kappa shape index (κ1) is 20.0. The van der Waals surface area contributed by atoms with E-state index in [0.29, 0.717) is 0 Å². The Balaban J connectivity index is 1.81. The van der Waals surface area contributed by atoms with Crippen molar-refractivity contribution in [3.8, 4) is 0 Å². The number of rotatable bonds is 4. The molecular weight excluding hydrogens is 339 g/mol. The Kier molecular flexibility index (Phi) is 6.45. The van der Waals surface area contributed by atoms with E-state index in [1.165, 1.54) is 9.80 Å². The Bertz CT molecular complexity index is 618. The van der Waals surface area contributed by atoms with E-state index in [0.717, 1.165) is 5.56 Å². The summed E-state index contributed by atoms with van der Waals surface area (Å²) in [6, 6.07) is 9.34. The number of carbonyl (C=O) groups excluding carboxylic acids is 2. The molecule has 0 bridgehead atoms. The molecule has 7 heteroatoms. The number of ether oxygens (including phenoxy) is 2. The van der Waals surface area contributed by atoms with Gasteiger partial charge in [-0.3, -0.25) is 0 Å². The minimum absolute atomic E-state index is 0.0213. The first-order chi connectivity index (χ1) is 12.2. The van der Waals surface area contributed by atoms with Gasteiger partial charge in [0.1, 0.15) is 18.4 Å². The molecule has 0 aromatic heterocycles. The Morgan fingerprint density at radius 1 is 1.23 bits per heavy atom. The van der Waals surface area contributed by atoms with Crippen molar-refractivity contribution in [2.24, 2.45) is 5.92 Å². The van der Waals surface area contributed by atoms with Crippen molar-refractivity contribution in [1.29, 1.82) is 0 Å². The van der Waals surface area contributed by atoms with Crippen LogP contribution in [0.1, 0.15) is 26.3 Å². The van der Waals surface area contributed by atoms with E-state index < -0.39 is 29.9 Å². The highest BCUT2D eigenvalue weighted by atomic mass is 19.1. The maximum absolute atomic E-state index is 14.3. The van der Waals surface area contributed by atoms with Gasteiger partial charge >= 0.3 is 12.2 Å². The van der Waals surface area contributed by atoms with Crippen molar-refractivity contribution in [3.05, 3.63) is 35.9 Å². The maximum atomic E-state index is 14.3. The van der Waals surface area contributed by atoms with Gasteiger partial charge in [-0.15, -0.1) is 0 Å². The molecule has 0 N–H and O–H groups in total. The van der Waals surface area contributed by atoms with Gasteiger partial charge in [-0.2, -0.15) is 0 Å². The summed E-state index contributed by atoms with van der Waals surface area (Å²) in [7, 11) is 1.57. The Morgan fingerprint density at radius 3 is 2.50 bits per heavy atom. The summed E-state index contributed by atoms with van der Waals surface area (Å²) in [5.74, 6) is -0.461. The molecule has 6 nitrogen and oxygen atoms in total. The fourth-order valence-electron chi connectivity index (χ4n) is 2.74. The molecule has 26 heavy (non-hydrogen) atoms. The molecule has 0 radical (unpaired) electrons. The maximum Gasteiger partial charge on any atom is 0.410 e. The molecule has 1 aromatic rings. The monoisotopic (exact) mass is 366 g/mol. The fourth-order valence-corrected chi connectivity index (χ4v) is 2.74. The van der Waals surface area contributed by atoms with Gasteiger partial charge in [-0.25, -0.2) is 14.0 Å². The highest BCUT2D eigenvalue weighted by Gasteiger charge is 2.38. The number of hydrogen-bond donors (Lipinski definition) is 0. The summed E-state index contributed by atoms with van der Waals surface area (Å²) >= 11 is 0. The standard InChI is InChI=1S/C19H27FN2O4/c1-19(2,3)26-18(24)22-11-15(16(20)12-22)10-21(4)17(23)25-13-14-8-6-5-7-9-14/h5-9,15-16H,10-13H2,1-4H3. The molecule has 0 spiro atoms. The Hall–Kier alpha value is -2.31. The zero-order valence-corrected chi connectivity index (χ0v) is 15.8. The van der Waals surface area contributed by atoms with Gasteiger partial charge in [0.05, 0.1) is 6.54 Å². The summed E-state index contributed by atoms with van der Waals surface area (Å²) in [5.41, 5.74) is 0.258. The lowest BCUT2D eigenvalue weighted by atomic mass is 10.1. The molecule has 1 aliphatic rings. The highest BCUT2D eigenvalue weighted by molar-refractivity contribution is 5.69.